The third kappa shape index (κ3) is 3.35. The van der Waals surface area contributed by atoms with E-state index in [9.17, 15) is 5.26 Å². The molecule has 0 unspecified atom stereocenters. The summed E-state index contributed by atoms with van der Waals surface area (Å²) in [5.74, 6) is 0.607. The molecule has 28 heavy (non-hydrogen) atoms. The zero-order valence-electron chi connectivity index (χ0n) is 16.3. The molecule has 0 fully saturated rings. The van der Waals surface area contributed by atoms with Crippen molar-refractivity contribution in [2.75, 3.05) is 0 Å². The summed E-state index contributed by atoms with van der Waals surface area (Å²) >= 11 is 0. The Kier molecular flexibility index (Phi) is 4.58. The molecule has 4 rings (SSSR count). The number of aryl methyl sites for hydroxylation is 2. The smallest absolute Gasteiger partial charge is 0.149 e. The highest BCUT2D eigenvalue weighted by atomic mass is 15.0. The summed E-state index contributed by atoms with van der Waals surface area (Å²) in [6, 6.07) is 20.9. The van der Waals surface area contributed by atoms with Crippen LogP contribution in [0.1, 0.15) is 33.9 Å². The van der Waals surface area contributed by atoms with Gasteiger partial charge in [-0.2, -0.15) is 5.26 Å². The first kappa shape index (κ1) is 17.8. The van der Waals surface area contributed by atoms with Gasteiger partial charge in [0.2, 0.25) is 0 Å². The summed E-state index contributed by atoms with van der Waals surface area (Å²) in [6.07, 6.45) is 1.92. The number of imidazole rings is 1. The molecule has 0 aliphatic heterocycles. The van der Waals surface area contributed by atoms with Crippen molar-refractivity contribution in [2.45, 2.75) is 27.3 Å². The maximum Gasteiger partial charge on any atom is 0.149 e. The van der Waals surface area contributed by atoms with Crippen molar-refractivity contribution >= 4 is 22.7 Å². The van der Waals surface area contributed by atoms with Gasteiger partial charge in [-0.05, 0) is 61.7 Å². The van der Waals surface area contributed by atoms with Gasteiger partial charge in [-0.1, -0.05) is 36.4 Å². The van der Waals surface area contributed by atoms with Gasteiger partial charge in [0.25, 0.3) is 0 Å². The SMILES string of the molecule is Cc1ccc2nc(/C(C#N)=C\c3cc(C)n(Cc4ccccc4)c3C)[nH]c2c1. The van der Waals surface area contributed by atoms with Crippen LogP contribution in [-0.4, -0.2) is 14.5 Å². The first-order valence-corrected chi connectivity index (χ1v) is 9.34. The molecule has 0 aliphatic carbocycles. The van der Waals surface area contributed by atoms with Gasteiger partial charge in [-0.15, -0.1) is 0 Å². The lowest BCUT2D eigenvalue weighted by Crippen LogP contribution is -2.03. The van der Waals surface area contributed by atoms with Crippen molar-refractivity contribution < 1.29 is 0 Å². The van der Waals surface area contributed by atoms with Crippen molar-refractivity contribution in [1.82, 2.24) is 14.5 Å². The van der Waals surface area contributed by atoms with Crippen molar-refractivity contribution in [3.63, 3.8) is 0 Å². The Balaban J connectivity index is 1.72. The van der Waals surface area contributed by atoms with E-state index in [1.165, 1.54) is 11.3 Å². The van der Waals surface area contributed by atoms with Crippen LogP contribution in [0.2, 0.25) is 0 Å². The Hall–Kier alpha value is -3.58. The van der Waals surface area contributed by atoms with Gasteiger partial charge in [0.1, 0.15) is 11.9 Å². The fourth-order valence-electron chi connectivity index (χ4n) is 3.54. The van der Waals surface area contributed by atoms with Crippen LogP contribution >= 0.6 is 0 Å². The molecule has 0 atom stereocenters. The average molecular weight is 366 g/mol. The minimum atomic E-state index is 0.536. The zero-order chi connectivity index (χ0) is 19.7. The minimum Gasteiger partial charge on any atom is -0.344 e. The van der Waals surface area contributed by atoms with Crippen LogP contribution in [0.5, 0.6) is 0 Å². The lowest BCUT2D eigenvalue weighted by Gasteiger charge is -2.09. The standard InChI is InChI=1S/C24H22N4/c1-16-9-10-22-23(11-16)27-24(26-22)21(14-25)13-20-12-17(2)28(18(20)3)15-19-7-5-4-6-8-19/h4-13H,15H2,1-3H3,(H,26,27)/b21-13-. The fourth-order valence-corrected chi connectivity index (χ4v) is 3.54. The molecule has 0 saturated heterocycles. The molecular weight excluding hydrogens is 344 g/mol. The molecule has 0 saturated carbocycles. The lowest BCUT2D eigenvalue weighted by atomic mass is 10.1. The zero-order valence-corrected chi connectivity index (χ0v) is 16.3. The Morgan fingerprint density at radius 3 is 2.64 bits per heavy atom. The van der Waals surface area contributed by atoms with Gasteiger partial charge < -0.3 is 9.55 Å². The molecule has 138 valence electrons. The Bertz CT molecular complexity index is 1220. The van der Waals surface area contributed by atoms with E-state index in [2.05, 4.69) is 64.8 Å². The average Bonchev–Trinajstić information content (AvgIpc) is 3.22. The van der Waals surface area contributed by atoms with E-state index < -0.39 is 0 Å². The molecule has 0 spiro atoms. The van der Waals surface area contributed by atoms with Crippen molar-refractivity contribution in [2.24, 2.45) is 0 Å². The summed E-state index contributed by atoms with van der Waals surface area (Å²) in [4.78, 5) is 7.87. The predicted octanol–water partition coefficient (Wildman–Crippen LogP) is 5.40. The second kappa shape index (κ2) is 7.21. The molecule has 0 aliphatic rings. The van der Waals surface area contributed by atoms with Crippen molar-refractivity contribution in [3.8, 4) is 6.07 Å². The van der Waals surface area contributed by atoms with E-state index in [0.29, 0.717) is 11.4 Å². The second-order valence-electron chi connectivity index (χ2n) is 7.17. The molecule has 2 heterocycles. The van der Waals surface area contributed by atoms with Crippen LogP contribution in [0, 0.1) is 32.1 Å². The first-order valence-electron chi connectivity index (χ1n) is 9.34. The number of hydrogen-bond acceptors (Lipinski definition) is 2. The number of aromatic nitrogens is 3. The van der Waals surface area contributed by atoms with Gasteiger partial charge in [0.15, 0.2) is 0 Å². The van der Waals surface area contributed by atoms with Gasteiger partial charge in [-0.3, -0.25) is 0 Å². The van der Waals surface area contributed by atoms with E-state index in [4.69, 9.17) is 0 Å². The molecule has 0 bridgehead atoms. The molecule has 0 amide bonds. The maximum atomic E-state index is 9.74. The topological polar surface area (TPSA) is 57.4 Å². The summed E-state index contributed by atoms with van der Waals surface area (Å²) < 4.78 is 2.28. The Morgan fingerprint density at radius 2 is 1.89 bits per heavy atom. The number of nitrogens with zero attached hydrogens (tertiary/aromatic N) is 3. The molecule has 2 aromatic heterocycles. The van der Waals surface area contributed by atoms with Gasteiger partial charge >= 0.3 is 0 Å². The Morgan fingerprint density at radius 1 is 1.11 bits per heavy atom. The second-order valence-corrected chi connectivity index (χ2v) is 7.17. The van der Waals surface area contributed by atoms with Crippen LogP contribution in [0.25, 0.3) is 22.7 Å². The van der Waals surface area contributed by atoms with Crippen molar-refractivity contribution in [1.29, 1.82) is 5.26 Å². The number of allylic oxidation sites excluding steroid dienone is 1. The van der Waals surface area contributed by atoms with Crippen LogP contribution in [-0.2, 0) is 6.54 Å². The molecule has 2 aromatic carbocycles. The molecule has 1 N–H and O–H groups in total. The van der Waals surface area contributed by atoms with E-state index in [-0.39, 0.29) is 0 Å². The van der Waals surface area contributed by atoms with E-state index in [0.717, 1.165) is 34.4 Å². The highest BCUT2D eigenvalue weighted by molar-refractivity contribution is 5.90. The van der Waals surface area contributed by atoms with Crippen LogP contribution in [0.15, 0.2) is 54.6 Å². The number of aromatic amines is 1. The van der Waals surface area contributed by atoms with Crippen LogP contribution in [0.4, 0.5) is 0 Å². The number of hydrogen-bond donors (Lipinski definition) is 1. The quantitative estimate of drug-likeness (QED) is 0.492. The normalized spacial score (nSPS) is 11.7. The number of benzene rings is 2. The van der Waals surface area contributed by atoms with E-state index in [1.807, 2.05) is 37.3 Å². The summed E-state index contributed by atoms with van der Waals surface area (Å²) in [5, 5.41) is 9.74. The monoisotopic (exact) mass is 366 g/mol. The van der Waals surface area contributed by atoms with Gasteiger partial charge in [0.05, 0.1) is 16.6 Å². The molecule has 4 nitrogen and oxygen atoms in total. The lowest BCUT2D eigenvalue weighted by molar-refractivity contribution is 0.749. The van der Waals surface area contributed by atoms with E-state index >= 15 is 0 Å². The number of H-pyrrole nitrogens is 1. The first-order chi connectivity index (χ1) is 13.5. The van der Waals surface area contributed by atoms with Gasteiger partial charge in [0, 0.05) is 17.9 Å². The third-order valence-corrected chi connectivity index (χ3v) is 5.11. The van der Waals surface area contributed by atoms with Crippen LogP contribution < -0.4 is 0 Å². The number of nitriles is 1. The summed E-state index contributed by atoms with van der Waals surface area (Å²) in [5.41, 5.74) is 8.13. The highest BCUT2D eigenvalue weighted by Crippen LogP contribution is 2.24. The van der Waals surface area contributed by atoms with Crippen molar-refractivity contribution in [3.05, 3.63) is 88.5 Å². The van der Waals surface area contributed by atoms with Gasteiger partial charge in [-0.25, -0.2) is 4.98 Å². The number of rotatable bonds is 4. The van der Waals surface area contributed by atoms with E-state index in [1.54, 1.807) is 0 Å². The molecule has 4 heteroatoms. The fraction of sp³-hybridized carbons (Fsp3) is 0.167. The largest absolute Gasteiger partial charge is 0.344 e. The van der Waals surface area contributed by atoms with Crippen LogP contribution in [0.3, 0.4) is 0 Å². The number of fused-ring (bicyclic) bond motifs is 1. The predicted molar refractivity (Wildman–Crippen MR) is 114 cm³/mol. The molecular formula is C24H22N4. The Labute approximate surface area is 164 Å². The summed E-state index contributed by atoms with van der Waals surface area (Å²) in [7, 11) is 0. The summed E-state index contributed by atoms with van der Waals surface area (Å²) in [6.45, 7) is 7.06. The minimum absolute atomic E-state index is 0.536. The third-order valence-electron chi connectivity index (χ3n) is 5.11. The number of nitrogens with one attached hydrogen (secondary N) is 1. The maximum absolute atomic E-state index is 9.74. The molecule has 4 aromatic rings. The molecule has 0 radical (unpaired) electrons. The highest BCUT2D eigenvalue weighted by Gasteiger charge is 2.12.